The number of nitrogens with zero attached hydrogens (tertiary/aromatic N) is 6. The van der Waals surface area contributed by atoms with Gasteiger partial charge in [0.1, 0.15) is 0 Å². The molecule has 142 valence electrons. The molecule has 0 unspecified atom stereocenters. The van der Waals surface area contributed by atoms with Crippen molar-refractivity contribution >= 4 is 17.3 Å². The Morgan fingerprint density at radius 1 is 1.23 bits per heavy atom. The van der Waals surface area contributed by atoms with Gasteiger partial charge in [-0.05, 0) is 41.5 Å². The maximum atomic E-state index is 6.19. The van der Waals surface area contributed by atoms with E-state index >= 15 is 0 Å². The van der Waals surface area contributed by atoms with E-state index in [-0.39, 0.29) is 6.04 Å². The normalized spacial score (nSPS) is 16.8. The fourth-order valence-electron chi connectivity index (χ4n) is 3.59. The van der Waals surface area contributed by atoms with Crippen LogP contribution in [-0.2, 0) is 11.3 Å². The fraction of sp³-hybridized carbons (Fsp3) is 0.611. The fourth-order valence-corrected chi connectivity index (χ4v) is 3.76. The molecule has 7 nitrogen and oxygen atoms in total. The smallest absolute Gasteiger partial charge is 0.168 e. The van der Waals surface area contributed by atoms with Gasteiger partial charge in [0.25, 0.3) is 0 Å². The first-order valence-electron chi connectivity index (χ1n) is 9.14. The van der Waals surface area contributed by atoms with Gasteiger partial charge in [-0.2, -0.15) is 0 Å². The number of anilines is 1. The zero-order chi connectivity index (χ0) is 18.5. The molecular weight excluding hydrogens is 352 g/mol. The summed E-state index contributed by atoms with van der Waals surface area (Å²) in [4.78, 5) is 4.89. The first kappa shape index (κ1) is 19.1. The number of methoxy groups -OCH3 is 1. The van der Waals surface area contributed by atoms with Crippen LogP contribution in [0.15, 0.2) is 18.2 Å². The van der Waals surface area contributed by atoms with Gasteiger partial charge >= 0.3 is 0 Å². The molecule has 26 heavy (non-hydrogen) atoms. The standard InChI is InChI=1S/C18H27ClN6O/c1-4-16(18-20-21-22-25(18)11-12-26-3)23-7-9-24(10-8-23)17-13-15(19)6-5-14(17)2/h5-6,13,16H,4,7-12H2,1-3H3/t16-/m1/s1. The topological polar surface area (TPSA) is 59.3 Å². The Hall–Kier alpha value is -1.70. The molecule has 1 aliphatic rings. The van der Waals surface area contributed by atoms with Crippen molar-refractivity contribution < 1.29 is 4.74 Å². The Labute approximate surface area is 159 Å². The Morgan fingerprint density at radius 3 is 2.69 bits per heavy atom. The number of piperazine rings is 1. The summed E-state index contributed by atoms with van der Waals surface area (Å²) in [6.07, 6.45) is 0.976. The minimum atomic E-state index is 0.226. The number of hydrogen-bond acceptors (Lipinski definition) is 6. The van der Waals surface area contributed by atoms with E-state index in [9.17, 15) is 0 Å². The van der Waals surface area contributed by atoms with Gasteiger partial charge in [0.2, 0.25) is 0 Å². The molecule has 1 atom stereocenters. The quantitative estimate of drug-likeness (QED) is 0.738. The van der Waals surface area contributed by atoms with Crippen molar-refractivity contribution in [2.75, 3.05) is 44.8 Å². The highest BCUT2D eigenvalue weighted by Gasteiger charge is 2.28. The van der Waals surface area contributed by atoms with Crippen molar-refractivity contribution in [1.29, 1.82) is 0 Å². The van der Waals surface area contributed by atoms with Crippen molar-refractivity contribution in [1.82, 2.24) is 25.1 Å². The van der Waals surface area contributed by atoms with Crippen LogP contribution in [-0.4, -0.2) is 65.0 Å². The molecule has 0 radical (unpaired) electrons. The summed E-state index contributed by atoms with van der Waals surface area (Å²) in [5.41, 5.74) is 2.49. The minimum Gasteiger partial charge on any atom is -0.383 e. The summed E-state index contributed by atoms with van der Waals surface area (Å²) in [6, 6.07) is 6.33. The lowest BCUT2D eigenvalue weighted by atomic mass is 10.1. The van der Waals surface area contributed by atoms with Crippen LogP contribution in [0.25, 0.3) is 0 Å². The second kappa shape index (κ2) is 8.79. The monoisotopic (exact) mass is 378 g/mol. The van der Waals surface area contributed by atoms with Crippen LogP contribution in [0.2, 0.25) is 5.02 Å². The van der Waals surface area contributed by atoms with E-state index < -0.39 is 0 Å². The van der Waals surface area contributed by atoms with E-state index in [1.165, 1.54) is 11.3 Å². The van der Waals surface area contributed by atoms with Crippen LogP contribution in [0.3, 0.4) is 0 Å². The number of ether oxygens (including phenoxy) is 1. The van der Waals surface area contributed by atoms with Crippen LogP contribution in [0.4, 0.5) is 5.69 Å². The third-order valence-corrected chi connectivity index (χ3v) is 5.25. The molecule has 1 fully saturated rings. The average Bonchev–Trinajstić information content (AvgIpc) is 3.11. The molecule has 0 bridgehead atoms. The van der Waals surface area contributed by atoms with Gasteiger partial charge in [0.05, 0.1) is 19.2 Å². The second-order valence-corrected chi connectivity index (χ2v) is 7.07. The van der Waals surface area contributed by atoms with E-state index in [2.05, 4.69) is 51.3 Å². The lowest BCUT2D eigenvalue weighted by Crippen LogP contribution is -2.48. The first-order chi connectivity index (χ1) is 12.6. The lowest BCUT2D eigenvalue weighted by Gasteiger charge is -2.40. The van der Waals surface area contributed by atoms with Crippen LogP contribution in [0, 0.1) is 6.92 Å². The number of halogens is 1. The van der Waals surface area contributed by atoms with Crippen molar-refractivity contribution in [2.24, 2.45) is 0 Å². The van der Waals surface area contributed by atoms with Gasteiger partial charge in [-0.25, -0.2) is 4.68 Å². The molecule has 2 aromatic rings. The molecule has 0 spiro atoms. The number of tetrazole rings is 1. The van der Waals surface area contributed by atoms with Crippen LogP contribution in [0.1, 0.15) is 30.8 Å². The van der Waals surface area contributed by atoms with Crippen LogP contribution < -0.4 is 4.90 Å². The van der Waals surface area contributed by atoms with E-state index in [1.54, 1.807) is 7.11 Å². The largest absolute Gasteiger partial charge is 0.383 e. The molecule has 0 amide bonds. The summed E-state index contributed by atoms with van der Waals surface area (Å²) in [7, 11) is 1.69. The van der Waals surface area contributed by atoms with Crippen molar-refractivity contribution in [2.45, 2.75) is 32.9 Å². The highest BCUT2D eigenvalue weighted by atomic mass is 35.5. The molecule has 2 heterocycles. The summed E-state index contributed by atoms with van der Waals surface area (Å²) in [5.74, 6) is 0.928. The lowest BCUT2D eigenvalue weighted by molar-refractivity contribution is 0.157. The first-order valence-corrected chi connectivity index (χ1v) is 9.52. The van der Waals surface area contributed by atoms with Crippen LogP contribution in [0.5, 0.6) is 0 Å². The van der Waals surface area contributed by atoms with Crippen molar-refractivity contribution in [3.8, 4) is 0 Å². The number of aromatic nitrogens is 4. The molecule has 0 saturated carbocycles. The van der Waals surface area contributed by atoms with Gasteiger partial charge in [-0.3, -0.25) is 4.90 Å². The van der Waals surface area contributed by atoms with E-state index in [0.29, 0.717) is 13.2 Å². The molecule has 1 aromatic heterocycles. The molecule has 8 heteroatoms. The third-order valence-electron chi connectivity index (χ3n) is 5.02. The van der Waals surface area contributed by atoms with Gasteiger partial charge in [0, 0.05) is 44.0 Å². The Kier molecular flexibility index (Phi) is 6.45. The molecule has 1 aromatic carbocycles. The molecular formula is C18H27ClN6O. The number of hydrogen-bond donors (Lipinski definition) is 0. The molecule has 1 aliphatic heterocycles. The Bertz CT molecular complexity index is 713. The van der Waals surface area contributed by atoms with E-state index in [4.69, 9.17) is 16.3 Å². The van der Waals surface area contributed by atoms with Gasteiger partial charge in [-0.15, -0.1) is 5.10 Å². The van der Waals surface area contributed by atoms with Crippen molar-refractivity contribution in [3.05, 3.63) is 34.6 Å². The zero-order valence-electron chi connectivity index (χ0n) is 15.7. The van der Waals surface area contributed by atoms with Crippen LogP contribution >= 0.6 is 11.6 Å². The van der Waals surface area contributed by atoms with E-state index in [1.807, 2.05) is 10.7 Å². The highest BCUT2D eigenvalue weighted by Crippen LogP contribution is 2.28. The maximum Gasteiger partial charge on any atom is 0.168 e. The Balaban J connectivity index is 1.68. The molecule has 0 aliphatic carbocycles. The predicted molar refractivity (Wildman–Crippen MR) is 103 cm³/mol. The van der Waals surface area contributed by atoms with E-state index in [0.717, 1.165) is 43.4 Å². The summed E-state index contributed by atoms with van der Waals surface area (Å²) < 4.78 is 7.03. The molecule has 0 N–H and O–H groups in total. The SMILES string of the molecule is CC[C@H](c1nnnn1CCOC)N1CCN(c2cc(Cl)ccc2C)CC1. The van der Waals surface area contributed by atoms with Gasteiger partial charge < -0.3 is 9.64 Å². The minimum absolute atomic E-state index is 0.226. The molecule has 3 rings (SSSR count). The van der Waals surface area contributed by atoms with Gasteiger partial charge in [-0.1, -0.05) is 24.6 Å². The third kappa shape index (κ3) is 4.16. The highest BCUT2D eigenvalue weighted by molar-refractivity contribution is 6.30. The summed E-state index contributed by atoms with van der Waals surface area (Å²) >= 11 is 6.19. The number of benzene rings is 1. The molecule has 1 saturated heterocycles. The second-order valence-electron chi connectivity index (χ2n) is 6.63. The van der Waals surface area contributed by atoms with Gasteiger partial charge in [0.15, 0.2) is 5.82 Å². The predicted octanol–water partition coefficient (Wildman–Crippen LogP) is 2.55. The average molecular weight is 379 g/mol. The number of aryl methyl sites for hydroxylation is 1. The Morgan fingerprint density at radius 2 is 2.00 bits per heavy atom. The summed E-state index contributed by atoms with van der Waals surface area (Å²) in [6.45, 7) is 9.50. The summed E-state index contributed by atoms with van der Waals surface area (Å²) in [5, 5.41) is 13.1. The number of rotatable bonds is 7. The van der Waals surface area contributed by atoms with Crippen molar-refractivity contribution in [3.63, 3.8) is 0 Å². The zero-order valence-corrected chi connectivity index (χ0v) is 16.5. The maximum absolute atomic E-state index is 6.19.